The predicted octanol–water partition coefficient (Wildman–Crippen LogP) is 5.21. The zero-order chi connectivity index (χ0) is 23.5. The first-order valence-electron chi connectivity index (χ1n) is 13.3. The molecular formula is C29H38N2O3. The van der Waals surface area contributed by atoms with Gasteiger partial charge in [-0.25, -0.2) is 0 Å². The van der Waals surface area contributed by atoms with E-state index < -0.39 is 0 Å². The van der Waals surface area contributed by atoms with Crippen LogP contribution in [0.4, 0.5) is 0 Å². The molecule has 5 rings (SSSR count). The largest absolute Gasteiger partial charge is 0.489 e. The van der Waals surface area contributed by atoms with Crippen LogP contribution in [-0.2, 0) is 0 Å². The molecule has 2 saturated heterocycles. The van der Waals surface area contributed by atoms with Gasteiger partial charge in [0.25, 0.3) is 0 Å². The molecule has 4 unspecified atom stereocenters. The zero-order valence-electron chi connectivity index (χ0n) is 20.6. The van der Waals surface area contributed by atoms with E-state index >= 15 is 0 Å². The first-order chi connectivity index (χ1) is 16.7. The van der Waals surface area contributed by atoms with Crippen LogP contribution in [0.5, 0.6) is 11.5 Å². The molecule has 182 valence electrons. The summed E-state index contributed by atoms with van der Waals surface area (Å²) in [6.07, 6.45) is 6.85. The molecule has 2 aromatic carbocycles. The highest BCUT2D eigenvalue weighted by molar-refractivity contribution is 6.24. The maximum Gasteiger partial charge on any atom is 0.198 e. The van der Waals surface area contributed by atoms with Crippen LogP contribution in [0.15, 0.2) is 36.4 Å². The second kappa shape index (κ2) is 10.5. The minimum absolute atomic E-state index is 0.0510. The van der Waals surface area contributed by atoms with Crippen LogP contribution in [0.25, 0.3) is 11.1 Å². The third-order valence-corrected chi connectivity index (χ3v) is 7.88. The summed E-state index contributed by atoms with van der Waals surface area (Å²) in [6.45, 7) is 8.52. The minimum atomic E-state index is 0.0510. The third kappa shape index (κ3) is 4.48. The van der Waals surface area contributed by atoms with Crippen LogP contribution in [0.3, 0.4) is 0 Å². The maximum atomic E-state index is 13.6. The highest BCUT2D eigenvalue weighted by Crippen LogP contribution is 2.47. The Bertz CT molecular complexity index is 1010. The van der Waals surface area contributed by atoms with Crippen LogP contribution in [0, 0.1) is 11.8 Å². The van der Waals surface area contributed by atoms with Crippen molar-refractivity contribution in [3.63, 3.8) is 0 Å². The number of nitrogens with one attached hydrogen (secondary N) is 2. The number of fused-ring (bicyclic) bond motifs is 3. The molecule has 2 heterocycles. The summed E-state index contributed by atoms with van der Waals surface area (Å²) in [7, 11) is 0. The maximum absolute atomic E-state index is 13.6. The molecule has 0 bridgehead atoms. The molecule has 5 heteroatoms. The lowest BCUT2D eigenvalue weighted by atomic mass is 9.92. The molecule has 2 N–H and O–H groups in total. The van der Waals surface area contributed by atoms with Gasteiger partial charge in [0.2, 0.25) is 0 Å². The quantitative estimate of drug-likeness (QED) is 0.481. The fourth-order valence-electron chi connectivity index (χ4n) is 6.05. The van der Waals surface area contributed by atoms with Gasteiger partial charge in [-0.2, -0.15) is 0 Å². The Morgan fingerprint density at radius 2 is 1.32 bits per heavy atom. The van der Waals surface area contributed by atoms with Gasteiger partial charge < -0.3 is 20.1 Å². The van der Waals surface area contributed by atoms with Crippen LogP contribution in [-0.4, -0.2) is 44.2 Å². The van der Waals surface area contributed by atoms with Gasteiger partial charge in [0.1, 0.15) is 23.7 Å². The molecule has 1 aliphatic carbocycles. The Balaban J connectivity index is 1.45. The molecule has 0 radical (unpaired) electrons. The Kier molecular flexibility index (Phi) is 7.21. The van der Waals surface area contributed by atoms with Gasteiger partial charge in [-0.1, -0.05) is 38.1 Å². The number of piperidine rings is 2. The monoisotopic (exact) mass is 462 g/mol. The van der Waals surface area contributed by atoms with E-state index in [1.54, 1.807) is 0 Å². The highest BCUT2D eigenvalue weighted by Gasteiger charge is 2.35. The summed E-state index contributed by atoms with van der Waals surface area (Å²) < 4.78 is 13.2. The van der Waals surface area contributed by atoms with Crippen molar-refractivity contribution in [2.75, 3.05) is 26.2 Å². The summed E-state index contributed by atoms with van der Waals surface area (Å²) >= 11 is 0. The van der Waals surface area contributed by atoms with Crippen LogP contribution in [0.1, 0.15) is 68.3 Å². The second-order valence-corrected chi connectivity index (χ2v) is 10.0. The average molecular weight is 463 g/mol. The van der Waals surface area contributed by atoms with Gasteiger partial charge in [0.05, 0.1) is 5.56 Å². The molecule has 34 heavy (non-hydrogen) atoms. The van der Waals surface area contributed by atoms with E-state index in [1.807, 2.05) is 36.4 Å². The molecule has 2 fully saturated rings. The van der Waals surface area contributed by atoms with E-state index in [0.29, 0.717) is 23.1 Å². The standard InChI is InChI=1S/C29H38N2O3/c1-3-23(19-9-7-15-30-17-19)33-25-13-6-12-22-27(25)21-11-5-14-26(28(21)29(22)32)34-24(4-2)20-10-8-16-31-18-20/h5-6,11-14,19-20,23-24,30-31H,3-4,7-10,15-18H2,1-2H3. The number of ketones is 1. The molecule has 0 aromatic heterocycles. The van der Waals surface area contributed by atoms with Crippen molar-refractivity contribution >= 4 is 5.78 Å². The molecule has 3 aliphatic rings. The molecule has 2 aliphatic heterocycles. The van der Waals surface area contributed by atoms with Gasteiger partial charge in [0, 0.05) is 41.6 Å². The van der Waals surface area contributed by atoms with Gasteiger partial charge in [0.15, 0.2) is 5.78 Å². The van der Waals surface area contributed by atoms with E-state index in [9.17, 15) is 4.79 Å². The van der Waals surface area contributed by atoms with E-state index in [-0.39, 0.29) is 18.0 Å². The molecular weight excluding hydrogens is 424 g/mol. The number of hydrogen-bond donors (Lipinski definition) is 2. The Morgan fingerprint density at radius 3 is 1.82 bits per heavy atom. The summed E-state index contributed by atoms with van der Waals surface area (Å²) in [5, 5.41) is 7.01. The summed E-state index contributed by atoms with van der Waals surface area (Å²) in [5.41, 5.74) is 3.31. The van der Waals surface area contributed by atoms with E-state index in [4.69, 9.17) is 9.47 Å². The Hall–Kier alpha value is -2.37. The number of hydrogen-bond acceptors (Lipinski definition) is 5. The normalized spacial score (nSPS) is 23.6. The van der Waals surface area contributed by atoms with Crippen molar-refractivity contribution in [1.82, 2.24) is 10.6 Å². The topological polar surface area (TPSA) is 59.6 Å². The first kappa shape index (κ1) is 23.4. The lowest BCUT2D eigenvalue weighted by Crippen LogP contribution is -2.39. The molecule has 4 atom stereocenters. The van der Waals surface area contributed by atoms with Gasteiger partial charge >= 0.3 is 0 Å². The molecule has 0 saturated carbocycles. The summed E-state index contributed by atoms with van der Waals surface area (Å²) in [4.78, 5) is 13.6. The van der Waals surface area contributed by atoms with Gasteiger partial charge in [-0.3, -0.25) is 4.79 Å². The lowest BCUT2D eigenvalue weighted by Gasteiger charge is -2.31. The van der Waals surface area contributed by atoms with E-state index in [1.165, 1.54) is 25.7 Å². The van der Waals surface area contributed by atoms with Crippen molar-refractivity contribution in [2.45, 2.75) is 64.6 Å². The Labute approximate surface area is 203 Å². The zero-order valence-corrected chi connectivity index (χ0v) is 20.6. The van der Waals surface area contributed by atoms with Crippen molar-refractivity contribution < 1.29 is 14.3 Å². The molecule has 5 nitrogen and oxygen atoms in total. The van der Waals surface area contributed by atoms with Crippen molar-refractivity contribution in [3.05, 3.63) is 47.5 Å². The van der Waals surface area contributed by atoms with Gasteiger partial charge in [-0.05, 0) is 63.7 Å². The molecule has 0 spiro atoms. The lowest BCUT2D eigenvalue weighted by molar-refractivity contribution is 0.0993. The smallest absolute Gasteiger partial charge is 0.198 e. The SMILES string of the molecule is CCC(Oc1cccc2c1C(=O)c1cccc(OC(CC)C3CCCNC3)c1-2)C1CCCNC1. The van der Waals surface area contributed by atoms with E-state index in [0.717, 1.165) is 61.5 Å². The number of rotatable bonds is 8. The molecule has 0 amide bonds. The first-order valence-corrected chi connectivity index (χ1v) is 13.3. The Morgan fingerprint density at radius 1 is 0.794 bits per heavy atom. The second-order valence-electron chi connectivity index (χ2n) is 10.0. The van der Waals surface area contributed by atoms with Gasteiger partial charge in [-0.15, -0.1) is 0 Å². The number of carbonyl (C=O) groups excluding carboxylic acids is 1. The average Bonchev–Trinajstić information content (AvgIpc) is 3.20. The van der Waals surface area contributed by atoms with Crippen molar-refractivity contribution in [1.29, 1.82) is 0 Å². The van der Waals surface area contributed by atoms with Crippen molar-refractivity contribution in [3.8, 4) is 22.6 Å². The summed E-state index contributed by atoms with van der Waals surface area (Å²) in [6, 6.07) is 11.9. The van der Waals surface area contributed by atoms with Crippen LogP contribution in [0.2, 0.25) is 0 Å². The van der Waals surface area contributed by atoms with Crippen LogP contribution >= 0.6 is 0 Å². The fraction of sp³-hybridized carbons (Fsp3) is 0.552. The third-order valence-electron chi connectivity index (χ3n) is 7.88. The highest BCUT2D eigenvalue weighted by atomic mass is 16.5. The van der Waals surface area contributed by atoms with E-state index in [2.05, 4.69) is 24.5 Å². The van der Waals surface area contributed by atoms with Crippen molar-refractivity contribution in [2.24, 2.45) is 11.8 Å². The van der Waals surface area contributed by atoms with Crippen LogP contribution < -0.4 is 20.1 Å². The molecule has 2 aromatic rings. The minimum Gasteiger partial charge on any atom is -0.489 e. The predicted molar refractivity (Wildman–Crippen MR) is 136 cm³/mol. The number of carbonyl (C=O) groups is 1. The number of benzene rings is 2. The fourth-order valence-corrected chi connectivity index (χ4v) is 6.05. The summed E-state index contributed by atoms with van der Waals surface area (Å²) in [5.74, 6) is 2.56. The number of ether oxygens (including phenoxy) is 2.